The lowest BCUT2D eigenvalue weighted by Gasteiger charge is -2.23. The fraction of sp³-hybridized carbons (Fsp3) is 0.714. The average molecular weight is 394 g/mol. The molecule has 0 spiro atoms. The number of aliphatic carboxylic acids is 1. The van der Waals surface area contributed by atoms with Crippen molar-refractivity contribution in [1.82, 2.24) is 16.0 Å². The number of nitrogens with one attached hydrogen (secondary N) is 3. The lowest BCUT2D eigenvalue weighted by Crippen LogP contribution is -2.57. The fourth-order valence-electron chi connectivity index (χ4n) is 1.77. The predicted molar refractivity (Wildman–Crippen MR) is 94.2 cm³/mol. The predicted octanol–water partition coefficient (Wildman–Crippen LogP) is -3.39. The molecule has 0 aromatic rings. The molecule has 0 aliphatic rings. The van der Waals surface area contributed by atoms with Gasteiger partial charge in [-0.1, -0.05) is 0 Å². The first-order valence-corrected chi connectivity index (χ1v) is 9.17. The van der Waals surface area contributed by atoms with Crippen molar-refractivity contribution in [2.75, 3.05) is 25.2 Å². The lowest BCUT2D eigenvalue weighted by molar-refractivity contribution is -0.143. The number of carboxylic acid groups (broad SMARTS) is 1. The van der Waals surface area contributed by atoms with E-state index in [0.29, 0.717) is 5.75 Å². The molecule has 8 N–H and O–H groups in total. The summed E-state index contributed by atoms with van der Waals surface area (Å²) in [5.41, 5.74) is 5.27. The van der Waals surface area contributed by atoms with Gasteiger partial charge in [-0.05, 0) is 25.4 Å². The Morgan fingerprint density at radius 1 is 1.15 bits per heavy atom. The summed E-state index contributed by atoms with van der Waals surface area (Å²) in [4.78, 5) is 46.6. The molecule has 4 unspecified atom stereocenters. The summed E-state index contributed by atoms with van der Waals surface area (Å²) in [6.45, 7) is 0.124. The smallest absolute Gasteiger partial charge is 0.326 e. The van der Waals surface area contributed by atoms with Crippen molar-refractivity contribution >= 4 is 35.5 Å². The van der Waals surface area contributed by atoms with E-state index in [4.69, 9.17) is 15.9 Å². The zero-order valence-corrected chi connectivity index (χ0v) is 15.4. The summed E-state index contributed by atoms with van der Waals surface area (Å²) in [5.74, 6) is -3.14. The Kier molecular flexibility index (Phi) is 11.6. The molecule has 0 radical (unpaired) electrons. The van der Waals surface area contributed by atoms with Crippen molar-refractivity contribution in [3.8, 4) is 0 Å². The van der Waals surface area contributed by atoms with Crippen molar-refractivity contribution in [1.29, 1.82) is 0 Å². The van der Waals surface area contributed by atoms with Gasteiger partial charge in [-0.15, -0.1) is 0 Å². The molecule has 0 aromatic carbocycles. The molecule has 11 nitrogen and oxygen atoms in total. The number of hydrogen-bond acceptors (Lipinski definition) is 8. The number of nitrogens with two attached hydrogens (primary N) is 1. The molecular weight excluding hydrogens is 368 g/mol. The number of hydrogen-bond donors (Lipinski definition) is 7. The van der Waals surface area contributed by atoms with Crippen molar-refractivity contribution in [2.45, 2.75) is 37.6 Å². The van der Waals surface area contributed by atoms with E-state index in [1.54, 1.807) is 6.26 Å². The van der Waals surface area contributed by atoms with Crippen LogP contribution in [0.15, 0.2) is 0 Å². The zero-order chi connectivity index (χ0) is 20.3. The number of rotatable bonds is 12. The third-order valence-corrected chi connectivity index (χ3v) is 3.91. The molecule has 3 amide bonds. The topological polar surface area (TPSA) is 191 Å². The first kappa shape index (κ1) is 24.1. The molecule has 0 saturated heterocycles. The molecule has 0 saturated carbocycles. The van der Waals surface area contributed by atoms with Crippen LogP contribution in [0.2, 0.25) is 0 Å². The normalized spacial score (nSPS) is 15.3. The zero-order valence-electron chi connectivity index (χ0n) is 14.6. The number of aliphatic hydroxyl groups is 2. The monoisotopic (exact) mass is 394 g/mol. The van der Waals surface area contributed by atoms with E-state index < -0.39 is 61.1 Å². The van der Waals surface area contributed by atoms with E-state index >= 15 is 0 Å². The number of thioether (sulfide) groups is 1. The molecule has 0 fully saturated rings. The molecule has 12 heteroatoms. The van der Waals surface area contributed by atoms with Crippen LogP contribution in [0, 0.1) is 0 Å². The number of carbonyl (C=O) groups excluding carboxylic acids is 3. The summed E-state index contributed by atoms with van der Waals surface area (Å²) in [7, 11) is 0. The highest BCUT2D eigenvalue weighted by atomic mass is 32.2. The Morgan fingerprint density at radius 3 is 2.23 bits per heavy atom. The first-order chi connectivity index (χ1) is 12.1. The minimum atomic E-state index is -1.40. The largest absolute Gasteiger partial charge is 0.480 e. The van der Waals surface area contributed by atoms with Crippen LogP contribution >= 0.6 is 11.8 Å². The Labute approximate surface area is 155 Å². The Bertz CT molecular complexity index is 504. The van der Waals surface area contributed by atoms with Gasteiger partial charge in [0.05, 0.1) is 19.3 Å². The highest BCUT2D eigenvalue weighted by molar-refractivity contribution is 7.98. The third kappa shape index (κ3) is 8.99. The highest BCUT2D eigenvalue weighted by Crippen LogP contribution is 2.03. The van der Waals surface area contributed by atoms with E-state index in [0.717, 1.165) is 0 Å². The summed E-state index contributed by atoms with van der Waals surface area (Å²) < 4.78 is 0. The lowest BCUT2D eigenvalue weighted by atomic mass is 10.1. The van der Waals surface area contributed by atoms with Crippen molar-refractivity contribution in [3.63, 3.8) is 0 Å². The molecule has 0 heterocycles. The van der Waals surface area contributed by atoms with E-state index in [1.165, 1.54) is 18.7 Å². The van der Waals surface area contributed by atoms with Gasteiger partial charge >= 0.3 is 5.97 Å². The van der Waals surface area contributed by atoms with E-state index in [1.807, 2.05) is 0 Å². The molecule has 150 valence electrons. The standard InChI is InChI=1S/C14H26N4O7S/c1-7(20)11(13(23)17-9(14(24)25)3-4-26-2)18-10(21)5-16-12(22)8(15)6-19/h7-9,11,19-20H,3-6,15H2,1-2H3,(H,16,22)(H,17,23)(H,18,21)(H,24,25). The Hall–Kier alpha value is -1.89. The second kappa shape index (κ2) is 12.5. The van der Waals surface area contributed by atoms with E-state index in [-0.39, 0.29) is 6.42 Å². The van der Waals surface area contributed by atoms with Crippen molar-refractivity contribution in [3.05, 3.63) is 0 Å². The molecule has 0 aromatic heterocycles. The molecular formula is C14H26N4O7S. The van der Waals surface area contributed by atoms with Gasteiger partial charge in [0, 0.05) is 0 Å². The van der Waals surface area contributed by atoms with Crippen LogP contribution in [-0.4, -0.2) is 88.4 Å². The van der Waals surface area contributed by atoms with Crippen LogP contribution in [0.5, 0.6) is 0 Å². The maximum absolute atomic E-state index is 12.2. The van der Waals surface area contributed by atoms with Gasteiger partial charge in [0.25, 0.3) is 0 Å². The van der Waals surface area contributed by atoms with Crippen LogP contribution in [0.1, 0.15) is 13.3 Å². The number of carbonyl (C=O) groups is 4. The maximum atomic E-state index is 12.2. The SMILES string of the molecule is CSCCC(NC(=O)C(NC(=O)CNC(=O)C(N)CO)C(C)O)C(=O)O. The van der Waals surface area contributed by atoms with Crippen LogP contribution < -0.4 is 21.7 Å². The van der Waals surface area contributed by atoms with Crippen molar-refractivity contribution < 1.29 is 34.5 Å². The minimum Gasteiger partial charge on any atom is -0.480 e. The van der Waals surface area contributed by atoms with Gasteiger partial charge in [0.15, 0.2) is 0 Å². The van der Waals surface area contributed by atoms with Gasteiger partial charge in [0.2, 0.25) is 17.7 Å². The van der Waals surface area contributed by atoms with Crippen LogP contribution in [0.25, 0.3) is 0 Å². The second-order valence-corrected chi connectivity index (χ2v) is 6.46. The quantitative estimate of drug-likeness (QED) is 0.177. The fourth-order valence-corrected chi connectivity index (χ4v) is 2.24. The Morgan fingerprint density at radius 2 is 1.77 bits per heavy atom. The number of aliphatic hydroxyl groups excluding tert-OH is 2. The molecule has 4 atom stereocenters. The summed E-state index contributed by atoms with van der Waals surface area (Å²) >= 11 is 1.41. The molecule has 0 rings (SSSR count). The van der Waals surface area contributed by atoms with Gasteiger partial charge in [-0.3, -0.25) is 14.4 Å². The number of amides is 3. The number of carboxylic acids is 1. The third-order valence-electron chi connectivity index (χ3n) is 3.26. The van der Waals surface area contributed by atoms with Crippen LogP contribution in [0.3, 0.4) is 0 Å². The van der Waals surface area contributed by atoms with E-state index in [2.05, 4.69) is 16.0 Å². The maximum Gasteiger partial charge on any atom is 0.326 e. The minimum absolute atomic E-state index is 0.178. The van der Waals surface area contributed by atoms with Crippen LogP contribution in [0.4, 0.5) is 0 Å². The molecule has 0 aliphatic heterocycles. The van der Waals surface area contributed by atoms with Gasteiger partial charge in [-0.2, -0.15) is 11.8 Å². The summed E-state index contributed by atoms with van der Waals surface area (Å²) in [5, 5.41) is 34.2. The molecule has 0 aliphatic carbocycles. The van der Waals surface area contributed by atoms with Gasteiger partial charge < -0.3 is 37.0 Å². The van der Waals surface area contributed by atoms with Crippen LogP contribution in [-0.2, 0) is 19.2 Å². The molecule has 0 bridgehead atoms. The van der Waals surface area contributed by atoms with Gasteiger partial charge in [-0.25, -0.2) is 4.79 Å². The summed E-state index contributed by atoms with van der Waals surface area (Å²) in [6, 6.07) is -3.75. The average Bonchev–Trinajstić information content (AvgIpc) is 2.59. The first-order valence-electron chi connectivity index (χ1n) is 7.77. The Balaban J connectivity index is 4.75. The second-order valence-electron chi connectivity index (χ2n) is 5.47. The molecule has 26 heavy (non-hydrogen) atoms. The summed E-state index contributed by atoms with van der Waals surface area (Å²) in [6.07, 6.45) is 0.665. The van der Waals surface area contributed by atoms with E-state index in [9.17, 15) is 24.3 Å². The van der Waals surface area contributed by atoms with Crippen molar-refractivity contribution in [2.24, 2.45) is 5.73 Å². The van der Waals surface area contributed by atoms with Gasteiger partial charge in [0.1, 0.15) is 18.1 Å². The highest BCUT2D eigenvalue weighted by Gasteiger charge is 2.29.